The molecule has 198 valence electrons. The van der Waals surface area contributed by atoms with E-state index in [4.69, 9.17) is 11.2 Å². The number of hydrogen-bond acceptors (Lipinski definition) is 7. The summed E-state index contributed by atoms with van der Waals surface area (Å²) in [6, 6.07) is 2.86. The number of ether oxygens (including phenoxy) is 1. The van der Waals surface area contributed by atoms with E-state index in [-0.39, 0.29) is 41.1 Å². The van der Waals surface area contributed by atoms with Crippen LogP contribution in [0.1, 0.15) is 48.3 Å². The van der Waals surface area contributed by atoms with Crippen LogP contribution in [0.3, 0.4) is 0 Å². The molecule has 1 aliphatic heterocycles. The zero-order valence-electron chi connectivity index (χ0n) is 20.4. The number of halogens is 4. The number of alkyl halides is 3. The van der Waals surface area contributed by atoms with Crippen molar-refractivity contribution >= 4 is 34.8 Å². The van der Waals surface area contributed by atoms with Crippen LogP contribution in [-0.2, 0) is 11.0 Å². The normalized spacial score (nSPS) is 17.6. The van der Waals surface area contributed by atoms with Crippen molar-refractivity contribution < 1.29 is 31.9 Å². The Labute approximate surface area is 219 Å². The molecule has 0 bridgehead atoms. The van der Waals surface area contributed by atoms with Gasteiger partial charge < -0.3 is 4.74 Å². The molecular formula is C25H21F4N5O3S. The summed E-state index contributed by atoms with van der Waals surface area (Å²) in [4.78, 5) is 41.4. The van der Waals surface area contributed by atoms with E-state index in [2.05, 4.69) is 20.9 Å². The summed E-state index contributed by atoms with van der Waals surface area (Å²) in [5, 5.41) is 1.55. The first-order valence-electron chi connectivity index (χ1n) is 11.3. The number of aromatic nitrogens is 3. The Kier molecular flexibility index (Phi) is 7.12. The molecule has 1 atom stereocenters. The minimum atomic E-state index is -4.77. The zero-order valence-corrected chi connectivity index (χ0v) is 21.2. The van der Waals surface area contributed by atoms with Crippen molar-refractivity contribution in [3.8, 4) is 18.1 Å². The highest BCUT2D eigenvalue weighted by Crippen LogP contribution is 2.41. The molecule has 38 heavy (non-hydrogen) atoms. The first kappa shape index (κ1) is 27.0. The van der Waals surface area contributed by atoms with Gasteiger partial charge in [-0.25, -0.2) is 19.3 Å². The van der Waals surface area contributed by atoms with E-state index >= 15 is 0 Å². The number of terminal acetylenes is 1. The first-order chi connectivity index (χ1) is 17.8. The second-order valence-electron chi connectivity index (χ2n) is 8.88. The van der Waals surface area contributed by atoms with E-state index in [1.807, 2.05) is 0 Å². The smallest absolute Gasteiger partial charge is 0.416 e. The molecule has 3 aromatic rings. The van der Waals surface area contributed by atoms with E-state index < -0.39 is 41.0 Å². The number of rotatable bonds is 6. The maximum Gasteiger partial charge on any atom is 0.416 e. The number of carbonyl (C=O) groups excluding carboxylic acids is 2. The Bertz CT molecular complexity index is 1420. The monoisotopic (exact) mass is 547 g/mol. The van der Waals surface area contributed by atoms with Crippen molar-refractivity contribution in [1.29, 1.82) is 0 Å². The van der Waals surface area contributed by atoms with Gasteiger partial charge in [-0.15, -0.1) is 17.8 Å². The lowest BCUT2D eigenvalue weighted by atomic mass is 9.95. The molecule has 0 N–H and O–H groups in total. The number of benzene rings is 1. The minimum Gasteiger partial charge on any atom is -0.491 e. The molecule has 3 heterocycles. The molecule has 2 amide bonds. The van der Waals surface area contributed by atoms with Crippen molar-refractivity contribution in [2.24, 2.45) is 0 Å². The average molecular weight is 548 g/mol. The maximum absolute atomic E-state index is 13.9. The van der Waals surface area contributed by atoms with Gasteiger partial charge in [0.2, 0.25) is 5.95 Å². The van der Waals surface area contributed by atoms with Gasteiger partial charge in [-0.3, -0.25) is 19.4 Å². The fraction of sp³-hybridized carbons (Fsp3) is 0.320. The quantitative estimate of drug-likeness (QED) is 0.328. The summed E-state index contributed by atoms with van der Waals surface area (Å²) in [5.41, 5.74) is -3.13. The van der Waals surface area contributed by atoms with E-state index in [0.29, 0.717) is 0 Å². The largest absolute Gasteiger partial charge is 0.491 e. The molecular weight excluding hydrogens is 526 g/mol. The van der Waals surface area contributed by atoms with Crippen LogP contribution in [0.4, 0.5) is 29.2 Å². The molecule has 4 rings (SSSR count). The van der Waals surface area contributed by atoms with Gasteiger partial charge >= 0.3 is 6.18 Å². The lowest BCUT2D eigenvalue weighted by molar-refractivity contribution is -0.137. The van der Waals surface area contributed by atoms with Crippen LogP contribution >= 0.6 is 11.3 Å². The van der Waals surface area contributed by atoms with Crippen LogP contribution in [0.5, 0.6) is 5.75 Å². The average Bonchev–Trinajstić information content (AvgIpc) is 3.44. The second kappa shape index (κ2) is 10.0. The summed E-state index contributed by atoms with van der Waals surface area (Å²) in [7, 11) is 0. The molecule has 1 aromatic carbocycles. The summed E-state index contributed by atoms with van der Waals surface area (Å²) in [6.07, 6.45) is 1.90. The molecule has 1 saturated heterocycles. The summed E-state index contributed by atoms with van der Waals surface area (Å²) in [5.74, 6) is -0.165. The molecule has 8 nitrogen and oxygen atoms in total. The van der Waals surface area contributed by atoms with Crippen LogP contribution in [0.15, 0.2) is 36.0 Å². The van der Waals surface area contributed by atoms with Crippen LogP contribution in [-0.4, -0.2) is 45.0 Å². The Morgan fingerprint density at radius 3 is 2.53 bits per heavy atom. The molecule has 0 aliphatic carbocycles. The highest BCUT2D eigenvalue weighted by atomic mass is 32.1. The molecule has 0 spiro atoms. The van der Waals surface area contributed by atoms with Crippen LogP contribution in [0, 0.1) is 18.2 Å². The Hall–Kier alpha value is -4.05. The van der Waals surface area contributed by atoms with Crippen LogP contribution in [0.2, 0.25) is 0 Å². The number of amides is 2. The summed E-state index contributed by atoms with van der Waals surface area (Å²) in [6.45, 7) is 4.73. The van der Waals surface area contributed by atoms with E-state index in [9.17, 15) is 27.2 Å². The number of anilines is 2. The number of carbonyl (C=O) groups is 2. The van der Waals surface area contributed by atoms with E-state index in [1.165, 1.54) is 18.4 Å². The lowest BCUT2D eigenvalue weighted by Gasteiger charge is -2.37. The number of hydrogen-bond donors (Lipinski definition) is 0. The third kappa shape index (κ3) is 5.17. The second-order valence-corrected chi connectivity index (χ2v) is 9.74. The van der Waals surface area contributed by atoms with Crippen molar-refractivity contribution in [3.05, 3.63) is 58.1 Å². The molecule has 13 heteroatoms. The van der Waals surface area contributed by atoms with Gasteiger partial charge in [0.15, 0.2) is 10.8 Å². The lowest BCUT2D eigenvalue weighted by Crippen LogP contribution is -2.55. The Morgan fingerprint density at radius 2 is 1.95 bits per heavy atom. The number of nitrogens with zero attached hydrogens (tertiary/aromatic N) is 5. The minimum absolute atomic E-state index is 0.00105. The summed E-state index contributed by atoms with van der Waals surface area (Å²) < 4.78 is 60.5. The van der Waals surface area contributed by atoms with Gasteiger partial charge in [0.25, 0.3) is 11.8 Å². The number of thiazole rings is 1. The van der Waals surface area contributed by atoms with Gasteiger partial charge in [-0.1, -0.05) is 0 Å². The first-order valence-corrected chi connectivity index (χ1v) is 12.2. The standard InChI is InChI=1S/C25H21F4N5O3S/c1-5-20-32-19(13-38-20)21(35)34(17-8-15(25(27,28)29)9-18(10-17)37-14(2)3)24(4)6-7-33(22(24)36)23-30-11-16(26)12-31-23/h1,8-14H,6-7H2,2-4H3. The highest BCUT2D eigenvalue weighted by molar-refractivity contribution is 7.10. The van der Waals surface area contributed by atoms with Gasteiger partial charge in [0.05, 0.1) is 24.1 Å². The zero-order chi connectivity index (χ0) is 27.8. The van der Waals surface area contributed by atoms with Gasteiger partial charge in [0.1, 0.15) is 17.0 Å². The molecule has 0 radical (unpaired) electrons. The molecule has 1 fully saturated rings. The van der Waals surface area contributed by atoms with Crippen molar-refractivity contribution in [1.82, 2.24) is 15.0 Å². The van der Waals surface area contributed by atoms with Crippen molar-refractivity contribution in [3.63, 3.8) is 0 Å². The third-order valence-electron chi connectivity index (χ3n) is 5.77. The molecule has 1 unspecified atom stereocenters. The highest BCUT2D eigenvalue weighted by Gasteiger charge is 2.52. The molecule has 1 aliphatic rings. The fourth-order valence-corrected chi connectivity index (χ4v) is 4.66. The maximum atomic E-state index is 13.9. The summed E-state index contributed by atoms with van der Waals surface area (Å²) >= 11 is 1.00. The SMILES string of the molecule is C#Cc1nc(C(=O)N(c2cc(OC(C)C)cc(C(F)(F)F)c2)C2(C)CCN(c3ncc(F)cn3)C2=O)cs1. The molecule has 0 saturated carbocycles. The van der Waals surface area contributed by atoms with Gasteiger partial charge in [-0.05, 0) is 45.2 Å². The third-order valence-corrected chi connectivity index (χ3v) is 6.54. The van der Waals surface area contributed by atoms with Gasteiger partial charge in [0, 0.05) is 23.7 Å². The van der Waals surface area contributed by atoms with E-state index in [1.54, 1.807) is 13.8 Å². The van der Waals surface area contributed by atoms with Crippen LogP contribution < -0.4 is 14.5 Å². The predicted molar refractivity (Wildman–Crippen MR) is 131 cm³/mol. The fourth-order valence-electron chi connectivity index (χ4n) is 4.07. The van der Waals surface area contributed by atoms with E-state index in [0.717, 1.165) is 45.7 Å². The molecule has 2 aromatic heterocycles. The Balaban J connectivity index is 1.87. The van der Waals surface area contributed by atoms with Crippen molar-refractivity contribution in [2.75, 3.05) is 16.3 Å². The van der Waals surface area contributed by atoms with Crippen molar-refractivity contribution in [2.45, 2.75) is 45.0 Å². The van der Waals surface area contributed by atoms with Crippen LogP contribution in [0.25, 0.3) is 0 Å². The topological polar surface area (TPSA) is 88.5 Å². The Morgan fingerprint density at radius 1 is 1.26 bits per heavy atom. The van der Waals surface area contributed by atoms with Gasteiger partial charge in [-0.2, -0.15) is 13.2 Å². The predicted octanol–water partition coefficient (Wildman–Crippen LogP) is 4.70.